The Kier molecular flexibility index (Phi) is 5.77. The van der Waals surface area contributed by atoms with Gasteiger partial charge in [0.1, 0.15) is 5.75 Å². The summed E-state index contributed by atoms with van der Waals surface area (Å²) in [6.45, 7) is 0. The van der Waals surface area contributed by atoms with Crippen LogP contribution in [0.1, 0.15) is 29.5 Å². The molecule has 0 amide bonds. The van der Waals surface area contributed by atoms with Crippen molar-refractivity contribution in [1.29, 1.82) is 0 Å². The Balaban J connectivity index is 1.49. The highest BCUT2D eigenvalue weighted by molar-refractivity contribution is 7.92. The van der Waals surface area contributed by atoms with E-state index in [-0.39, 0.29) is 33.5 Å². The minimum atomic E-state index is -3.85. The van der Waals surface area contributed by atoms with Crippen LogP contribution in [-0.4, -0.2) is 15.5 Å². The first-order chi connectivity index (χ1) is 15.9. The molecule has 0 radical (unpaired) electrons. The quantitative estimate of drug-likeness (QED) is 0.385. The smallest absolute Gasteiger partial charge is 0.261 e. The lowest BCUT2D eigenvalue weighted by Gasteiger charge is -2.37. The molecule has 3 atom stereocenters. The van der Waals surface area contributed by atoms with E-state index >= 15 is 0 Å². The summed E-state index contributed by atoms with van der Waals surface area (Å²) in [5.41, 5.74) is 3.28. The molecule has 0 spiro atoms. The molecule has 3 aromatic carbocycles. The minimum Gasteiger partial charge on any atom is -0.497 e. The van der Waals surface area contributed by atoms with Crippen molar-refractivity contribution < 1.29 is 13.2 Å². The normalized spacial score (nSPS) is 21.1. The number of rotatable bonds is 5. The Morgan fingerprint density at radius 3 is 2.73 bits per heavy atom. The highest BCUT2D eigenvalue weighted by atomic mass is 35.5. The van der Waals surface area contributed by atoms with Crippen molar-refractivity contribution >= 4 is 44.6 Å². The van der Waals surface area contributed by atoms with Crippen LogP contribution < -0.4 is 14.8 Å². The lowest BCUT2D eigenvalue weighted by Crippen LogP contribution is -2.29. The van der Waals surface area contributed by atoms with E-state index in [2.05, 4.69) is 34.3 Å². The molecule has 5 rings (SSSR count). The lowest BCUT2D eigenvalue weighted by molar-refractivity contribution is 0.406. The van der Waals surface area contributed by atoms with Gasteiger partial charge in [0, 0.05) is 16.6 Å². The van der Waals surface area contributed by atoms with E-state index in [9.17, 15) is 8.42 Å². The SMILES string of the molecule is COc1cccc([C@H]2Nc3ccc(S(=O)(=O)Nc4cc(Cl)ccc4Cl)cc3[C@H]3C=CC[C@H]32)c1. The van der Waals surface area contributed by atoms with Gasteiger partial charge in [0.05, 0.1) is 28.8 Å². The topological polar surface area (TPSA) is 67.4 Å². The van der Waals surface area contributed by atoms with Crippen molar-refractivity contribution in [2.24, 2.45) is 5.92 Å². The van der Waals surface area contributed by atoms with Crippen LogP contribution in [-0.2, 0) is 10.0 Å². The summed E-state index contributed by atoms with van der Waals surface area (Å²) in [5.74, 6) is 1.20. The summed E-state index contributed by atoms with van der Waals surface area (Å²) in [6, 6.07) is 18.0. The van der Waals surface area contributed by atoms with E-state index < -0.39 is 10.0 Å². The molecule has 3 aromatic rings. The maximum Gasteiger partial charge on any atom is 0.261 e. The average Bonchev–Trinajstić information content (AvgIpc) is 3.31. The van der Waals surface area contributed by atoms with Crippen LogP contribution in [0, 0.1) is 5.92 Å². The maximum absolute atomic E-state index is 13.1. The van der Waals surface area contributed by atoms with E-state index in [0.29, 0.717) is 5.02 Å². The van der Waals surface area contributed by atoms with Gasteiger partial charge in [-0.1, -0.05) is 47.5 Å². The summed E-state index contributed by atoms with van der Waals surface area (Å²) in [5, 5.41) is 4.31. The third-order valence-corrected chi connectivity index (χ3v) is 8.20. The van der Waals surface area contributed by atoms with Gasteiger partial charge in [-0.05, 0) is 72.0 Å². The molecule has 1 heterocycles. The summed E-state index contributed by atoms with van der Waals surface area (Å²) in [7, 11) is -2.19. The highest BCUT2D eigenvalue weighted by Crippen LogP contribution is 2.50. The van der Waals surface area contributed by atoms with Crippen LogP contribution in [0.15, 0.2) is 77.7 Å². The molecule has 0 saturated carbocycles. The van der Waals surface area contributed by atoms with Crippen LogP contribution in [0.5, 0.6) is 5.75 Å². The fourth-order valence-corrected chi connectivity index (χ4v) is 6.18. The Hall–Kier alpha value is -2.67. The monoisotopic (exact) mass is 500 g/mol. The number of fused-ring (bicyclic) bond motifs is 3. The summed E-state index contributed by atoms with van der Waals surface area (Å²) in [6.07, 6.45) is 5.26. The molecular weight excluding hydrogens is 479 g/mol. The Morgan fingerprint density at radius 2 is 1.91 bits per heavy atom. The highest BCUT2D eigenvalue weighted by Gasteiger charge is 2.38. The van der Waals surface area contributed by atoms with Gasteiger partial charge in [0.15, 0.2) is 0 Å². The number of nitrogens with one attached hydrogen (secondary N) is 2. The predicted octanol–water partition coefficient (Wildman–Crippen LogP) is 6.63. The zero-order valence-corrected chi connectivity index (χ0v) is 20.1. The number of anilines is 2. The van der Waals surface area contributed by atoms with E-state index in [4.69, 9.17) is 27.9 Å². The van der Waals surface area contributed by atoms with Crippen molar-refractivity contribution in [2.75, 3.05) is 17.1 Å². The molecule has 5 nitrogen and oxygen atoms in total. The van der Waals surface area contributed by atoms with Crippen LogP contribution in [0.3, 0.4) is 0 Å². The molecule has 0 fully saturated rings. The molecule has 170 valence electrons. The molecule has 0 aromatic heterocycles. The molecule has 1 aliphatic heterocycles. The van der Waals surface area contributed by atoms with Crippen molar-refractivity contribution in [2.45, 2.75) is 23.3 Å². The summed E-state index contributed by atoms with van der Waals surface area (Å²) < 4.78 is 34.2. The zero-order valence-electron chi connectivity index (χ0n) is 17.8. The zero-order chi connectivity index (χ0) is 23.2. The van der Waals surface area contributed by atoms with E-state index in [1.54, 1.807) is 31.4 Å². The van der Waals surface area contributed by atoms with Gasteiger partial charge < -0.3 is 10.1 Å². The second-order valence-corrected chi connectivity index (χ2v) is 10.8. The number of benzene rings is 3. The standard InChI is InChI=1S/C25H22Cl2N2O3S/c1-32-17-5-2-4-15(12-17)25-20-7-3-6-19(20)21-14-18(9-11-23(21)28-25)33(30,31)29-24-13-16(26)8-10-22(24)27/h2-6,8-14,19-20,25,28-29H,7H2,1H3/t19-,20+,25+/m0/s1. The van der Waals surface area contributed by atoms with Crippen LogP contribution >= 0.6 is 23.2 Å². The van der Waals surface area contributed by atoms with Crippen LogP contribution in [0.25, 0.3) is 0 Å². The molecule has 2 N–H and O–H groups in total. The first-order valence-corrected chi connectivity index (χ1v) is 12.8. The Bertz CT molecular complexity index is 1360. The van der Waals surface area contributed by atoms with Gasteiger partial charge in [-0.15, -0.1) is 0 Å². The predicted molar refractivity (Wildman–Crippen MR) is 133 cm³/mol. The lowest BCUT2D eigenvalue weighted by atomic mass is 9.77. The Labute approximate surface area is 203 Å². The first-order valence-electron chi connectivity index (χ1n) is 10.5. The molecule has 2 aliphatic rings. The fourth-order valence-electron chi connectivity index (χ4n) is 4.68. The third-order valence-electron chi connectivity index (χ3n) is 6.27. The first kappa shape index (κ1) is 22.1. The van der Waals surface area contributed by atoms with Gasteiger partial charge in [0.25, 0.3) is 10.0 Å². The molecular formula is C25H22Cl2N2O3S. The molecule has 33 heavy (non-hydrogen) atoms. The summed E-state index contributed by atoms with van der Waals surface area (Å²) >= 11 is 12.2. The van der Waals surface area contributed by atoms with E-state index in [1.807, 2.05) is 18.2 Å². The van der Waals surface area contributed by atoms with Crippen molar-refractivity contribution in [3.63, 3.8) is 0 Å². The largest absolute Gasteiger partial charge is 0.497 e. The van der Waals surface area contributed by atoms with Crippen molar-refractivity contribution in [1.82, 2.24) is 0 Å². The third kappa shape index (κ3) is 4.19. The van der Waals surface area contributed by atoms with Gasteiger partial charge in [-0.3, -0.25) is 4.72 Å². The van der Waals surface area contributed by atoms with Crippen LogP contribution in [0.4, 0.5) is 11.4 Å². The minimum absolute atomic E-state index is 0.0958. The number of methoxy groups -OCH3 is 1. The summed E-state index contributed by atoms with van der Waals surface area (Å²) in [4.78, 5) is 0.179. The van der Waals surface area contributed by atoms with Crippen LogP contribution in [0.2, 0.25) is 10.0 Å². The molecule has 0 unspecified atom stereocenters. The number of sulfonamides is 1. The maximum atomic E-state index is 13.1. The average molecular weight is 501 g/mol. The van der Waals surface area contributed by atoms with Gasteiger partial charge in [0.2, 0.25) is 0 Å². The van der Waals surface area contributed by atoms with Gasteiger partial charge >= 0.3 is 0 Å². The number of halogens is 2. The number of hydrogen-bond donors (Lipinski definition) is 2. The fraction of sp³-hybridized carbons (Fsp3) is 0.200. The Morgan fingerprint density at radius 1 is 1.06 bits per heavy atom. The van der Waals surface area contributed by atoms with Gasteiger partial charge in [-0.2, -0.15) is 0 Å². The molecule has 8 heteroatoms. The number of hydrogen-bond acceptors (Lipinski definition) is 4. The number of ether oxygens (including phenoxy) is 1. The van der Waals surface area contributed by atoms with E-state index in [1.165, 1.54) is 6.07 Å². The second kappa shape index (κ2) is 8.60. The van der Waals surface area contributed by atoms with Gasteiger partial charge in [-0.25, -0.2) is 8.42 Å². The molecule has 1 aliphatic carbocycles. The second-order valence-electron chi connectivity index (χ2n) is 8.23. The molecule has 0 bridgehead atoms. The van der Waals surface area contributed by atoms with Crippen molar-refractivity contribution in [3.05, 3.63) is 94.0 Å². The number of allylic oxidation sites excluding steroid dienone is 2. The molecule has 0 saturated heterocycles. The van der Waals surface area contributed by atoms with E-state index in [0.717, 1.165) is 29.0 Å². The van der Waals surface area contributed by atoms with Crippen molar-refractivity contribution in [3.8, 4) is 5.75 Å².